The van der Waals surface area contributed by atoms with Crippen molar-refractivity contribution in [2.24, 2.45) is 0 Å². The van der Waals surface area contributed by atoms with Gasteiger partial charge < -0.3 is 10.6 Å². The number of aromatic nitrogens is 1. The van der Waals surface area contributed by atoms with Gasteiger partial charge in [-0.25, -0.2) is 4.98 Å². The zero-order valence-corrected chi connectivity index (χ0v) is 6.54. The van der Waals surface area contributed by atoms with Crippen LogP contribution in [-0.4, -0.2) is 18.6 Å². The van der Waals surface area contributed by atoms with Gasteiger partial charge in [0, 0.05) is 31.5 Å². The molecule has 3 nitrogen and oxygen atoms in total. The number of fused-ring (bicyclic) bond motifs is 1. The minimum atomic E-state index is 0.609. The Morgan fingerprint density at radius 3 is 3.27 bits per heavy atom. The summed E-state index contributed by atoms with van der Waals surface area (Å²) in [5.74, 6) is 0.609. The number of likely N-dealkylation sites (N-methyl/N-ethyl adjacent to an activating group) is 1. The second kappa shape index (κ2) is 2.12. The predicted molar refractivity (Wildman–Crippen MR) is 45.6 cm³/mol. The molecule has 1 aromatic rings. The maximum Gasteiger partial charge on any atom is 0.125 e. The summed E-state index contributed by atoms with van der Waals surface area (Å²) in [6.45, 7) is 1.08. The van der Waals surface area contributed by atoms with E-state index < -0.39 is 0 Å². The fraction of sp³-hybridized carbons (Fsp3) is 0.375. The van der Waals surface area contributed by atoms with Gasteiger partial charge in [-0.05, 0) is 12.0 Å². The number of nitrogen functional groups attached to an aromatic ring is 1. The van der Waals surface area contributed by atoms with Crippen molar-refractivity contribution in [1.29, 1.82) is 0 Å². The molecule has 1 aromatic heterocycles. The molecular weight excluding hydrogens is 138 g/mol. The van der Waals surface area contributed by atoms with E-state index in [4.69, 9.17) is 5.73 Å². The van der Waals surface area contributed by atoms with Gasteiger partial charge >= 0.3 is 0 Å². The quantitative estimate of drug-likeness (QED) is 0.589. The molecule has 0 atom stereocenters. The fourth-order valence-electron chi connectivity index (χ4n) is 1.45. The molecule has 3 heteroatoms. The predicted octanol–water partition coefficient (Wildman–Crippen LogP) is 0.656. The zero-order chi connectivity index (χ0) is 7.84. The number of pyridine rings is 1. The van der Waals surface area contributed by atoms with E-state index in [1.54, 1.807) is 0 Å². The number of hydrogen-bond donors (Lipinski definition) is 1. The van der Waals surface area contributed by atoms with E-state index in [2.05, 4.69) is 16.9 Å². The molecule has 0 unspecified atom stereocenters. The molecule has 0 fully saturated rings. The third-order valence-electron chi connectivity index (χ3n) is 2.11. The molecule has 2 rings (SSSR count). The lowest BCUT2D eigenvalue weighted by Gasteiger charge is -2.11. The molecule has 11 heavy (non-hydrogen) atoms. The van der Waals surface area contributed by atoms with Crippen molar-refractivity contribution < 1.29 is 0 Å². The summed E-state index contributed by atoms with van der Waals surface area (Å²) in [5.41, 5.74) is 8.10. The second-order valence-electron chi connectivity index (χ2n) is 2.91. The van der Waals surface area contributed by atoms with E-state index in [0.29, 0.717) is 5.82 Å². The number of nitrogens with zero attached hydrogens (tertiary/aromatic N) is 2. The normalized spacial score (nSPS) is 15.2. The molecule has 2 N–H and O–H groups in total. The molecule has 0 aromatic carbocycles. The van der Waals surface area contributed by atoms with Gasteiger partial charge in [-0.1, -0.05) is 0 Å². The monoisotopic (exact) mass is 149 g/mol. The third kappa shape index (κ3) is 0.926. The SMILES string of the molecule is CN1CCc2cnc(N)cc21. The Balaban J connectivity index is 2.52. The molecule has 0 amide bonds. The van der Waals surface area contributed by atoms with E-state index in [1.807, 2.05) is 12.3 Å². The number of anilines is 2. The van der Waals surface area contributed by atoms with E-state index in [9.17, 15) is 0 Å². The van der Waals surface area contributed by atoms with Gasteiger partial charge in [0.25, 0.3) is 0 Å². The summed E-state index contributed by atoms with van der Waals surface area (Å²) in [7, 11) is 2.07. The summed E-state index contributed by atoms with van der Waals surface area (Å²) in [6, 6.07) is 1.93. The Bertz CT molecular complexity index is 283. The van der Waals surface area contributed by atoms with Gasteiger partial charge in [0.15, 0.2) is 0 Å². The molecule has 0 aliphatic carbocycles. The summed E-state index contributed by atoms with van der Waals surface area (Å²) >= 11 is 0. The summed E-state index contributed by atoms with van der Waals surface area (Å²) < 4.78 is 0. The Morgan fingerprint density at radius 1 is 1.64 bits per heavy atom. The van der Waals surface area contributed by atoms with Crippen LogP contribution < -0.4 is 10.6 Å². The smallest absolute Gasteiger partial charge is 0.125 e. The maximum absolute atomic E-state index is 5.56. The van der Waals surface area contributed by atoms with Crippen LogP contribution in [0.4, 0.5) is 11.5 Å². The first-order valence-electron chi connectivity index (χ1n) is 3.73. The van der Waals surface area contributed by atoms with Gasteiger partial charge in [0.05, 0.1) is 0 Å². The van der Waals surface area contributed by atoms with Crippen LogP contribution >= 0.6 is 0 Å². The van der Waals surface area contributed by atoms with E-state index in [-0.39, 0.29) is 0 Å². The van der Waals surface area contributed by atoms with Crippen molar-refractivity contribution in [2.75, 3.05) is 24.2 Å². The second-order valence-corrected chi connectivity index (χ2v) is 2.91. The highest BCUT2D eigenvalue weighted by atomic mass is 15.1. The standard InChI is InChI=1S/C8H11N3/c1-11-3-2-6-5-10-8(9)4-7(6)11/h4-5H,2-3H2,1H3,(H2,9,10). The van der Waals surface area contributed by atoms with Crippen LogP contribution in [0.3, 0.4) is 0 Å². The van der Waals surface area contributed by atoms with Crippen LogP contribution in [0, 0.1) is 0 Å². The molecule has 0 spiro atoms. The topological polar surface area (TPSA) is 42.2 Å². The van der Waals surface area contributed by atoms with Crippen LogP contribution in [0.2, 0.25) is 0 Å². The van der Waals surface area contributed by atoms with Crippen molar-refractivity contribution >= 4 is 11.5 Å². The highest BCUT2D eigenvalue weighted by molar-refractivity contribution is 5.60. The van der Waals surface area contributed by atoms with Gasteiger partial charge in [0.2, 0.25) is 0 Å². The first kappa shape index (κ1) is 6.46. The minimum Gasteiger partial charge on any atom is -0.384 e. The average molecular weight is 149 g/mol. The molecule has 58 valence electrons. The van der Waals surface area contributed by atoms with E-state index >= 15 is 0 Å². The molecule has 0 radical (unpaired) electrons. The van der Waals surface area contributed by atoms with Gasteiger partial charge in [-0.2, -0.15) is 0 Å². The number of hydrogen-bond acceptors (Lipinski definition) is 3. The third-order valence-corrected chi connectivity index (χ3v) is 2.11. The lowest BCUT2D eigenvalue weighted by molar-refractivity contribution is 0.955. The van der Waals surface area contributed by atoms with E-state index in [0.717, 1.165) is 13.0 Å². The van der Waals surface area contributed by atoms with Crippen molar-refractivity contribution in [1.82, 2.24) is 4.98 Å². The highest BCUT2D eigenvalue weighted by Crippen LogP contribution is 2.26. The maximum atomic E-state index is 5.56. The molecule has 2 heterocycles. The highest BCUT2D eigenvalue weighted by Gasteiger charge is 2.15. The van der Waals surface area contributed by atoms with Crippen LogP contribution in [0.5, 0.6) is 0 Å². The van der Waals surface area contributed by atoms with Crippen molar-refractivity contribution in [2.45, 2.75) is 6.42 Å². The lowest BCUT2D eigenvalue weighted by Crippen LogP contribution is -2.12. The van der Waals surface area contributed by atoms with E-state index in [1.165, 1.54) is 11.3 Å². The first-order chi connectivity index (χ1) is 5.27. The Labute approximate surface area is 65.8 Å². The van der Waals surface area contributed by atoms with Crippen molar-refractivity contribution in [3.8, 4) is 0 Å². The van der Waals surface area contributed by atoms with Crippen LogP contribution in [-0.2, 0) is 6.42 Å². The lowest BCUT2D eigenvalue weighted by atomic mass is 10.2. The molecule has 1 aliphatic heterocycles. The molecule has 0 saturated carbocycles. The molecule has 1 aliphatic rings. The van der Waals surface area contributed by atoms with Gasteiger partial charge in [0.1, 0.15) is 5.82 Å². The number of nitrogens with two attached hydrogens (primary N) is 1. The van der Waals surface area contributed by atoms with Gasteiger partial charge in [-0.3, -0.25) is 0 Å². The molecule has 0 bridgehead atoms. The molecule has 0 saturated heterocycles. The van der Waals surface area contributed by atoms with Crippen LogP contribution in [0.25, 0.3) is 0 Å². The Kier molecular flexibility index (Phi) is 1.24. The van der Waals surface area contributed by atoms with Gasteiger partial charge in [-0.15, -0.1) is 0 Å². The summed E-state index contributed by atoms with van der Waals surface area (Å²) in [5, 5.41) is 0. The van der Waals surface area contributed by atoms with Crippen molar-refractivity contribution in [3.05, 3.63) is 17.8 Å². The van der Waals surface area contributed by atoms with Crippen molar-refractivity contribution in [3.63, 3.8) is 0 Å². The Hall–Kier alpha value is -1.25. The van der Waals surface area contributed by atoms with Crippen LogP contribution in [0.15, 0.2) is 12.3 Å². The minimum absolute atomic E-state index is 0.609. The first-order valence-corrected chi connectivity index (χ1v) is 3.73. The molecular formula is C8H11N3. The largest absolute Gasteiger partial charge is 0.384 e. The summed E-state index contributed by atoms with van der Waals surface area (Å²) in [6.07, 6.45) is 2.97. The zero-order valence-electron chi connectivity index (χ0n) is 6.54. The summed E-state index contributed by atoms with van der Waals surface area (Å²) in [4.78, 5) is 6.24. The fourth-order valence-corrected chi connectivity index (χ4v) is 1.45. The average Bonchev–Trinajstić information content (AvgIpc) is 2.33. The number of rotatable bonds is 0. The Morgan fingerprint density at radius 2 is 2.45 bits per heavy atom. The van der Waals surface area contributed by atoms with Crippen LogP contribution in [0.1, 0.15) is 5.56 Å².